The van der Waals surface area contributed by atoms with Gasteiger partial charge >= 0.3 is 5.97 Å². The van der Waals surface area contributed by atoms with Crippen LogP contribution in [0.3, 0.4) is 0 Å². The van der Waals surface area contributed by atoms with E-state index in [1.54, 1.807) is 24.3 Å². The van der Waals surface area contributed by atoms with Gasteiger partial charge in [-0.3, -0.25) is 0 Å². The molecule has 6 heteroatoms. The molecule has 2 rings (SSSR count). The highest BCUT2D eigenvalue weighted by atomic mass is 16.5. The second-order valence-corrected chi connectivity index (χ2v) is 4.91. The van der Waals surface area contributed by atoms with E-state index in [0.717, 1.165) is 13.2 Å². The Kier molecular flexibility index (Phi) is 17.0. The Morgan fingerprint density at radius 2 is 1.26 bits per heavy atom. The van der Waals surface area contributed by atoms with E-state index in [2.05, 4.69) is 4.74 Å². The molecular weight excluding hydrogens is 348 g/mol. The first-order valence-corrected chi connectivity index (χ1v) is 8.89. The van der Waals surface area contributed by atoms with E-state index in [4.69, 9.17) is 19.7 Å². The Morgan fingerprint density at radius 1 is 0.778 bits per heavy atom. The van der Waals surface area contributed by atoms with Gasteiger partial charge in [0, 0.05) is 13.2 Å². The molecule has 0 atom stereocenters. The number of hydrogen-bond acceptors (Lipinski definition) is 6. The molecule has 0 aliphatic carbocycles. The van der Waals surface area contributed by atoms with Crippen LogP contribution >= 0.6 is 0 Å². The van der Waals surface area contributed by atoms with Crippen molar-refractivity contribution in [1.82, 2.24) is 0 Å². The normalized spacial score (nSPS) is 9.33. The van der Waals surface area contributed by atoms with Gasteiger partial charge in [0.15, 0.2) is 0 Å². The third-order valence-corrected chi connectivity index (χ3v) is 2.84. The first-order chi connectivity index (χ1) is 13.2. The van der Waals surface area contributed by atoms with Crippen molar-refractivity contribution in [3.63, 3.8) is 0 Å². The minimum atomic E-state index is -0.332. The predicted molar refractivity (Wildman–Crippen MR) is 105 cm³/mol. The number of rotatable bonds is 8. The monoisotopic (exact) mass is 378 g/mol. The van der Waals surface area contributed by atoms with Gasteiger partial charge in [0.25, 0.3) is 0 Å². The minimum Gasteiger partial charge on any atom is -0.423 e. The average molecular weight is 378 g/mol. The molecule has 2 N–H and O–H groups in total. The van der Waals surface area contributed by atoms with Crippen molar-refractivity contribution in [2.24, 2.45) is 0 Å². The standard InChI is InChI=1S/C13H10O2.C4H10O3.C4H10O/c14-13(11-7-3-1-4-8-11)15-12-9-5-2-6-10-12;5-1-3-7-4-2-6;1-3-5-4-2/h1-10H;5-6H,1-4H2;3-4H2,1-2H3. The molecule has 0 amide bonds. The fraction of sp³-hybridized carbons (Fsp3) is 0.381. The van der Waals surface area contributed by atoms with Crippen molar-refractivity contribution >= 4 is 5.97 Å². The molecule has 6 nitrogen and oxygen atoms in total. The van der Waals surface area contributed by atoms with Gasteiger partial charge < -0.3 is 24.4 Å². The molecule has 2 aromatic carbocycles. The number of aliphatic hydroxyl groups excluding tert-OH is 2. The zero-order valence-corrected chi connectivity index (χ0v) is 16.0. The number of para-hydroxylation sites is 1. The lowest BCUT2D eigenvalue weighted by Crippen LogP contribution is -2.07. The maximum atomic E-state index is 11.6. The minimum absolute atomic E-state index is 0.0278. The first kappa shape index (κ1) is 24.8. The van der Waals surface area contributed by atoms with Crippen molar-refractivity contribution in [2.75, 3.05) is 39.6 Å². The highest BCUT2D eigenvalue weighted by Gasteiger charge is 2.06. The first-order valence-electron chi connectivity index (χ1n) is 8.89. The molecule has 0 bridgehead atoms. The summed E-state index contributed by atoms with van der Waals surface area (Å²) in [5.41, 5.74) is 0.557. The van der Waals surface area contributed by atoms with Crippen molar-refractivity contribution in [3.8, 4) is 5.75 Å². The number of benzene rings is 2. The molecule has 0 radical (unpaired) electrons. The Hall–Kier alpha value is -2.25. The summed E-state index contributed by atoms with van der Waals surface area (Å²) in [6.07, 6.45) is 0. The van der Waals surface area contributed by atoms with E-state index in [0.29, 0.717) is 24.5 Å². The summed E-state index contributed by atoms with van der Waals surface area (Å²) >= 11 is 0. The third-order valence-electron chi connectivity index (χ3n) is 2.84. The summed E-state index contributed by atoms with van der Waals surface area (Å²) < 4.78 is 14.6. The number of hydrogen-bond donors (Lipinski definition) is 2. The van der Waals surface area contributed by atoms with Crippen LogP contribution in [0.15, 0.2) is 60.7 Å². The summed E-state index contributed by atoms with van der Waals surface area (Å²) in [5.74, 6) is 0.230. The molecule has 2 aromatic rings. The molecule has 0 fully saturated rings. The van der Waals surface area contributed by atoms with E-state index < -0.39 is 0 Å². The van der Waals surface area contributed by atoms with E-state index in [1.807, 2.05) is 50.2 Å². The number of aliphatic hydroxyl groups is 2. The molecule has 0 heterocycles. The molecule has 0 saturated carbocycles. The van der Waals surface area contributed by atoms with Crippen LogP contribution in [0.1, 0.15) is 24.2 Å². The second-order valence-electron chi connectivity index (χ2n) is 4.91. The topological polar surface area (TPSA) is 85.2 Å². The van der Waals surface area contributed by atoms with Gasteiger partial charge in [-0.2, -0.15) is 0 Å². The summed E-state index contributed by atoms with van der Waals surface area (Å²) in [6, 6.07) is 18.0. The van der Waals surface area contributed by atoms with Crippen molar-refractivity contribution in [3.05, 3.63) is 66.2 Å². The largest absolute Gasteiger partial charge is 0.423 e. The number of esters is 1. The number of ether oxygens (including phenoxy) is 3. The van der Waals surface area contributed by atoms with E-state index in [1.165, 1.54) is 0 Å². The highest BCUT2D eigenvalue weighted by molar-refractivity contribution is 5.90. The van der Waals surface area contributed by atoms with Crippen LogP contribution in [-0.4, -0.2) is 55.8 Å². The molecule has 0 aliphatic rings. The van der Waals surface area contributed by atoms with Gasteiger partial charge in [0.05, 0.1) is 32.0 Å². The molecule has 0 saturated heterocycles. The van der Waals surface area contributed by atoms with E-state index in [9.17, 15) is 4.79 Å². The van der Waals surface area contributed by atoms with Gasteiger partial charge in [-0.1, -0.05) is 36.4 Å². The van der Waals surface area contributed by atoms with Gasteiger partial charge in [-0.05, 0) is 38.1 Å². The molecule has 0 aliphatic heterocycles. The SMILES string of the molecule is CCOCC.O=C(Oc1ccccc1)c1ccccc1.OCCOCCO. The smallest absolute Gasteiger partial charge is 0.343 e. The van der Waals surface area contributed by atoms with Gasteiger partial charge in [-0.25, -0.2) is 4.79 Å². The van der Waals surface area contributed by atoms with Gasteiger partial charge in [0.1, 0.15) is 5.75 Å². The Labute approximate surface area is 161 Å². The van der Waals surface area contributed by atoms with Crippen LogP contribution < -0.4 is 4.74 Å². The van der Waals surface area contributed by atoms with Crippen LogP contribution in [0.4, 0.5) is 0 Å². The zero-order chi connectivity index (χ0) is 20.2. The lowest BCUT2D eigenvalue weighted by Gasteiger charge is -2.02. The summed E-state index contributed by atoms with van der Waals surface area (Å²) in [7, 11) is 0. The molecule has 0 unspecified atom stereocenters. The maximum Gasteiger partial charge on any atom is 0.343 e. The maximum absolute atomic E-state index is 11.6. The number of carbonyl (C=O) groups excluding carboxylic acids is 1. The van der Waals surface area contributed by atoms with Crippen LogP contribution in [-0.2, 0) is 9.47 Å². The fourth-order valence-corrected chi connectivity index (χ4v) is 1.66. The third kappa shape index (κ3) is 14.6. The zero-order valence-electron chi connectivity index (χ0n) is 16.0. The van der Waals surface area contributed by atoms with Crippen LogP contribution in [0.25, 0.3) is 0 Å². The molecule has 150 valence electrons. The Balaban J connectivity index is 0.000000472. The summed E-state index contributed by atoms with van der Waals surface area (Å²) in [6.45, 7) is 6.36. The molecule has 27 heavy (non-hydrogen) atoms. The van der Waals surface area contributed by atoms with Gasteiger partial charge in [-0.15, -0.1) is 0 Å². The fourth-order valence-electron chi connectivity index (χ4n) is 1.66. The molecule has 0 spiro atoms. The second kappa shape index (κ2) is 18.5. The Morgan fingerprint density at radius 3 is 1.67 bits per heavy atom. The lowest BCUT2D eigenvalue weighted by atomic mass is 10.2. The van der Waals surface area contributed by atoms with Crippen molar-refractivity contribution in [2.45, 2.75) is 13.8 Å². The highest BCUT2D eigenvalue weighted by Crippen LogP contribution is 2.11. The van der Waals surface area contributed by atoms with E-state index in [-0.39, 0.29) is 19.2 Å². The molecular formula is C21H30O6. The van der Waals surface area contributed by atoms with Crippen molar-refractivity contribution < 1.29 is 29.2 Å². The van der Waals surface area contributed by atoms with E-state index >= 15 is 0 Å². The van der Waals surface area contributed by atoms with Crippen molar-refractivity contribution in [1.29, 1.82) is 0 Å². The summed E-state index contributed by atoms with van der Waals surface area (Å²) in [5, 5.41) is 16.2. The summed E-state index contributed by atoms with van der Waals surface area (Å²) in [4.78, 5) is 11.6. The van der Waals surface area contributed by atoms with Crippen LogP contribution in [0, 0.1) is 0 Å². The molecule has 0 aromatic heterocycles. The lowest BCUT2D eigenvalue weighted by molar-refractivity contribution is 0.0650. The quantitative estimate of drug-likeness (QED) is 0.417. The van der Waals surface area contributed by atoms with Crippen LogP contribution in [0.5, 0.6) is 5.75 Å². The number of carbonyl (C=O) groups is 1. The van der Waals surface area contributed by atoms with Gasteiger partial charge in [0.2, 0.25) is 0 Å². The Bertz CT molecular complexity index is 553. The average Bonchev–Trinajstić information content (AvgIpc) is 2.71. The van der Waals surface area contributed by atoms with Crippen LogP contribution in [0.2, 0.25) is 0 Å². The predicted octanol–water partition coefficient (Wildman–Crippen LogP) is 2.94.